The van der Waals surface area contributed by atoms with E-state index >= 15 is 0 Å². The quantitative estimate of drug-likeness (QED) is 0.881. The maximum atomic E-state index is 12.2. The molecule has 0 saturated heterocycles. The van der Waals surface area contributed by atoms with Crippen LogP contribution in [-0.2, 0) is 6.18 Å². The molecular formula is C10H8F3N3O. The van der Waals surface area contributed by atoms with Crippen LogP contribution in [0.3, 0.4) is 0 Å². The lowest BCUT2D eigenvalue weighted by Crippen LogP contribution is -2.07. The van der Waals surface area contributed by atoms with Gasteiger partial charge in [0.15, 0.2) is 0 Å². The number of hydrogen-bond acceptors (Lipinski definition) is 4. The van der Waals surface area contributed by atoms with Gasteiger partial charge in [0.05, 0.1) is 0 Å². The summed E-state index contributed by atoms with van der Waals surface area (Å²) < 4.78 is 41.3. The lowest BCUT2D eigenvalue weighted by molar-refractivity contribution is -0.146. The molecule has 0 radical (unpaired) electrons. The van der Waals surface area contributed by atoms with Gasteiger partial charge < -0.3 is 9.84 Å². The van der Waals surface area contributed by atoms with Crippen LogP contribution >= 0.6 is 0 Å². The largest absolute Gasteiger partial charge is 0.455 e. The minimum Gasteiger partial charge on any atom is -0.388 e. The Morgan fingerprint density at radius 3 is 2.29 bits per heavy atom. The maximum absolute atomic E-state index is 12.2. The van der Waals surface area contributed by atoms with Gasteiger partial charge in [-0.25, -0.2) is 0 Å². The van der Waals surface area contributed by atoms with Crippen LogP contribution in [0.25, 0.3) is 11.5 Å². The molecule has 17 heavy (non-hydrogen) atoms. The Morgan fingerprint density at radius 1 is 1.18 bits per heavy atom. The summed E-state index contributed by atoms with van der Waals surface area (Å²) >= 11 is 0. The molecule has 0 spiro atoms. The fraction of sp³-hybridized carbons (Fsp3) is 0.200. The van der Waals surface area contributed by atoms with Crippen LogP contribution in [0.5, 0.6) is 0 Å². The zero-order valence-electron chi connectivity index (χ0n) is 8.75. The van der Waals surface area contributed by atoms with Crippen molar-refractivity contribution in [3.8, 4) is 11.5 Å². The van der Waals surface area contributed by atoms with Gasteiger partial charge in [0.1, 0.15) is 0 Å². The van der Waals surface area contributed by atoms with E-state index in [1.165, 1.54) is 0 Å². The number of alkyl halides is 3. The molecule has 2 aromatic rings. The summed E-state index contributed by atoms with van der Waals surface area (Å²) in [4.78, 5) is 3.28. The van der Waals surface area contributed by atoms with Gasteiger partial charge in [0.25, 0.3) is 11.7 Å². The first-order valence-corrected chi connectivity index (χ1v) is 4.70. The standard InChI is InChI=1S/C10H8F3N3O/c1-14-7-4-2-6(3-5-7)8-15-9(16-17-8)10(11,12)13/h2-5,14H,1H3. The van der Waals surface area contributed by atoms with Gasteiger partial charge in [-0.2, -0.15) is 18.2 Å². The molecule has 0 atom stereocenters. The molecule has 0 bridgehead atoms. The van der Waals surface area contributed by atoms with E-state index in [0.29, 0.717) is 5.56 Å². The Bertz CT molecular complexity index is 504. The topological polar surface area (TPSA) is 51.0 Å². The van der Waals surface area contributed by atoms with E-state index < -0.39 is 12.0 Å². The third kappa shape index (κ3) is 2.38. The summed E-state index contributed by atoms with van der Waals surface area (Å²) in [6.07, 6.45) is -4.59. The van der Waals surface area contributed by atoms with Gasteiger partial charge in [-0.3, -0.25) is 0 Å². The number of anilines is 1. The molecule has 1 aromatic carbocycles. The molecule has 0 fully saturated rings. The molecule has 7 heteroatoms. The molecule has 0 aliphatic heterocycles. The van der Waals surface area contributed by atoms with E-state index in [2.05, 4.69) is 20.0 Å². The number of benzene rings is 1. The summed E-state index contributed by atoms with van der Waals surface area (Å²) in [5.74, 6) is -1.43. The predicted octanol–water partition coefficient (Wildman–Crippen LogP) is 2.80. The molecular weight excluding hydrogens is 235 g/mol. The van der Waals surface area contributed by atoms with Crippen molar-refractivity contribution in [2.45, 2.75) is 6.18 Å². The van der Waals surface area contributed by atoms with Gasteiger partial charge in [-0.1, -0.05) is 5.16 Å². The zero-order chi connectivity index (χ0) is 12.5. The molecule has 1 N–H and O–H groups in total. The number of nitrogens with zero attached hydrogens (tertiary/aromatic N) is 2. The first kappa shape index (κ1) is 11.4. The second-order valence-corrected chi connectivity index (χ2v) is 3.25. The molecule has 1 heterocycles. The van der Waals surface area contributed by atoms with Crippen molar-refractivity contribution in [2.75, 3.05) is 12.4 Å². The molecule has 0 unspecified atom stereocenters. The smallest absolute Gasteiger partial charge is 0.388 e. The maximum Gasteiger partial charge on any atom is 0.455 e. The third-order valence-electron chi connectivity index (χ3n) is 2.10. The van der Waals surface area contributed by atoms with Crippen LogP contribution < -0.4 is 5.32 Å². The van der Waals surface area contributed by atoms with Crippen molar-refractivity contribution >= 4 is 5.69 Å². The Balaban J connectivity index is 2.30. The van der Waals surface area contributed by atoms with Gasteiger partial charge in [-0.05, 0) is 24.3 Å². The van der Waals surface area contributed by atoms with Crippen molar-refractivity contribution in [2.24, 2.45) is 0 Å². The van der Waals surface area contributed by atoms with Crippen molar-refractivity contribution in [3.63, 3.8) is 0 Å². The Hall–Kier alpha value is -2.05. The predicted molar refractivity (Wildman–Crippen MR) is 54.3 cm³/mol. The number of rotatable bonds is 2. The highest BCUT2D eigenvalue weighted by molar-refractivity contribution is 5.58. The summed E-state index contributed by atoms with van der Waals surface area (Å²) in [7, 11) is 1.74. The molecule has 0 amide bonds. The van der Waals surface area contributed by atoms with E-state index in [1.807, 2.05) is 0 Å². The van der Waals surface area contributed by atoms with Crippen LogP contribution in [0.1, 0.15) is 5.82 Å². The Morgan fingerprint density at radius 2 is 1.82 bits per heavy atom. The van der Waals surface area contributed by atoms with Crippen molar-refractivity contribution in [1.82, 2.24) is 10.1 Å². The van der Waals surface area contributed by atoms with Gasteiger partial charge in [0.2, 0.25) is 0 Å². The highest BCUT2D eigenvalue weighted by Gasteiger charge is 2.37. The minimum absolute atomic E-state index is 0.153. The minimum atomic E-state index is -4.59. The fourth-order valence-electron chi connectivity index (χ4n) is 1.24. The molecule has 2 rings (SSSR count). The highest BCUT2D eigenvalue weighted by atomic mass is 19.4. The van der Waals surface area contributed by atoms with Crippen LogP contribution in [0.2, 0.25) is 0 Å². The van der Waals surface area contributed by atoms with Gasteiger partial charge in [0, 0.05) is 18.3 Å². The van der Waals surface area contributed by atoms with Crippen LogP contribution in [-0.4, -0.2) is 17.2 Å². The number of halogens is 3. The SMILES string of the molecule is CNc1ccc(-c2nc(C(F)(F)F)no2)cc1. The second-order valence-electron chi connectivity index (χ2n) is 3.25. The van der Waals surface area contributed by atoms with Crippen molar-refractivity contribution in [3.05, 3.63) is 30.1 Å². The lowest BCUT2D eigenvalue weighted by atomic mass is 10.2. The normalized spacial score (nSPS) is 11.5. The van der Waals surface area contributed by atoms with E-state index in [1.54, 1.807) is 31.3 Å². The first-order valence-electron chi connectivity index (χ1n) is 4.70. The summed E-state index contributed by atoms with van der Waals surface area (Å²) in [6, 6.07) is 6.60. The number of aromatic nitrogens is 2. The molecule has 1 aromatic heterocycles. The van der Waals surface area contributed by atoms with Gasteiger partial charge in [-0.15, -0.1) is 0 Å². The van der Waals surface area contributed by atoms with Crippen LogP contribution in [0, 0.1) is 0 Å². The fourth-order valence-corrected chi connectivity index (χ4v) is 1.24. The van der Waals surface area contributed by atoms with Crippen LogP contribution in [0.4, 0.5) is 18.9 Å². The molecule has 0 saturated carbocycles. The molecule has 0 aliphatic rings. The summed E-state index contributed by atoms with van der Waals surface area (Å²) in [5.41, 5.74) is 1.27. The second kappa shape index (κ2) is 4.08. The zero-order valence-corrected chi connectivity index (χ0v) is 8.75. The average molecular weight is 243 g/mol. The van der Waals surface area contributed by atoms with E-state index in [4.69, 9.17) is 0 Å². The molecule has 4 nitrogen and oxygen atoms in total. The molecule has 90 valence electrons. The van der Waals surface area contributed by atoms with E-state index in [0.717, 1.165) is 5.69 Å². The highest BCUT2D eigenvalue weighted by Crippen LogP contribution is 2.28. The molecule has 0 aliphatic carbocycles. The van der Waals surface area contributed by atoms with Gasteiger partial charge >= 0.3 is 6.18 Å². The van der Waals surface area contributed by atoms with Crippen molar-refractivity contribution < 1.29 is 17.7 Å². The first-order chi connectivity index (χ1) is 8.00. The van der Waals surface area contributed by atoms with Crippen LogP contribution in [0.15, 0.2) is 28.8 Å². The number of hydrogen-bond donors (Lipinski definition) is 1. The Kier molecular flexibility index (Phi) is 2.74. The third-order valence-corrected chi connectivity index (χ3v) is 2.10. The van der Waals surface area contributed by atoms with E-state index in [9.17, 15) is 13.2 Å². The summed E-state index contributed by atoms with van der Waals surface area (Å²) in [6.45, 7) is 0. The monoisotopic (exact) mass is 243 g/mol. The average Bonchev–Trinajstić information content (AvgIpc) is 2.78. The Labute approximate surface area is 94.4 Å². The van der Waals surface area contributed by atoms with E-state index in [-0.39, 0.29) is 5.89 Å². The van der Waals surface area contributed by atoms with Crippen molar-refractivity contribution in [1.29, 1.82) is 0 Å². The summed E-state index contributed by atoms with van der Waals surface area (Å²) in [5, 5.41) is 5.77. The number of nitrogens with one attached hydrogen (secondary N) is 1. The lowest BCUT2D eigenvalue weighted by Gasteiger charge is -1.99.